The second-order valence-electron chi connectivity index (χ2n) is 6.55. The number of rotatable bonds is 5. The van der Waals surface area contributed by atoms with Crippen LogP contribution in [0.1, 0.15) is 36.5 Å². The Labute approximate surface area is 200 Å². The Hall–Kier alpha value is -2.17. The molecule has 1 fully saturated rings. The van der Waals surface area contributed by atoms with E-state index in [9.17, 15) is 4.79 Å². The molecule has 1 aromatic carbocycles. The number of fused-ring (bicyclic) bond motifs is 3. The molecule has 0 bridgehead atoms. The fourth-order valence-electron chi connectivity index (χ4n) is 3.88. The molecule has 32 heavy (non-hydrogen) atoms. The fraction of sp³-hybridized carbons (Fsp3) is 0.391. The van der Waals surface area contributed by atoms with Gasteiger partial charge in [-0.25, -0.2) is 0 Å². The van der Waals surface area contributed by atoms with Crippen LogP contribution < -0.4 is 14.8 Å². The summed E-state index contributed by atoms with van der Waals surface area (Å²) < 4.78 is 39.2. The second kappa shape index (κ2) is 16.5. The van der Waals surface area contributed by atoms with Gasteiger partial charge in [0.2, 0.25) is 0 Å². The van der Waals surface area contributed by atoms with Crippen LogP contribution in [0.2, 0.25) is 0 Å². The molecule has 0 spiro atoms. The van der Waals surface area contributed by atoms with Gasteiger partial charge in [-0.2, -0.15) is 0 Å². The van der Waals surface area contributed by atoms with Crippen LogP contribution in [0.3, 0.4) is 0 Å². The van der Waals surface area contributed by atoms with Crippen LogP contribution in [0.25, 0.3) is 0 Å². The van der Waals surface area contributed by atoms with E-state index in [-0.39, 0.29) is 41.1 Å². The van der Waals surface area contributed by atoms with Crippen molar-refractivity contribution in [1.82, 2.24) is 0 Å². The standard InChI is InChI=1S/C20H25NO4.3CO.Fe/c1-11(25-13(3)22)10-15-12(2)19(23-4)20(24-5)17-14-8-6-7-9-16(14)21-18(15)17;3*1-2;/h6-9,11,14,16,21H,10H2,1-5H3;;;;/t11-,14?,16?;;;;/m0..../s1. The van der Waals surface area contributed by atoms with Gasteiger partial charge in [0.15, 0.2) is 11.5 Å². The molecule has 3 atom stereocenters. The summed E-state index contributed by atoms with van der Waals surface area (Å²) in [6.07, 6.45) is 8.86. The minimum Gasteiger partial charge on any atom is 0 e. The fourth-order valence-corrected chi connectivity index (χ4v) is 3.88. The van der Waals surface area contributed by atoms with E-state index >= 15 is 0 Å². The Morgan fingerprint density at radius 1 is 1.06 bits per heavy atom. The summed E-state index contributed by atoms with van der Waals surface area (Å²) in [7, 11) is 3.33. The molecule has 2 aliphatic rings. The van der Waals surface area contributed by atoms with Crippen LogP contribution >= 0.6 is 0 Å². The molecule has 4 radical (unpaired) electrons. The van der Waals surface area contributed by atoms with E-state index in [2.05, 4.69) is 51.0 Å². The number of ether oxygens (including phenoxy) is 3. The zero-order valence-corrected chi connectivity index (χ0v) is 19.6. The predicted octanol–water partition coefficient (Wildman–Crippen LogP) is 3.10. The van der Waals surface area contributed by atoms with E-state index in [1.165, 1.54) is 6.92 Å². The molecule has 0 amide bonds. The van der Waals surface area contributed by atoms with Crippen molar-refractivity contribution in [2.45, 2.75) is 45.3 Å². The van der Waals surface area contributed by atoms with Crippen molar-refractivity contribution in [1.29, 1.82) is 0 Å². The van der Waals surface area contributed by atoms with Gasteiger partial charge < -0.3 is 19.5 Å². The molecule has 1 aromatic rings. The van der Waals surface area contributed by atoms with Crippen LogP contribution in [0.5, 0.6) is 11.5 Å². The Balaban J connectivity index is 0. The SMILES string of the molecule is COc1c(C)c(C[C@H](C)OC(C)=O)c2c(c1OC)C1[CH][CH][CH][CH]C1N2.[C-]#[O+].[C-]#[O+].[C-]#[O+].[Fe]. The molecule has 8 nitrogen and oxygen atoms in total. The normalized spacial score (nSPS) is 17.7. The zero-order valence-electron chi connectivity index (χ0n) is 18.5. The van der Waals surface area contributed by atoms with Crippen molar-refractivity contribution in [2.75, 3.05) is 19.5 Å². The maximum Gasteiger partial charge on any atom is 0 e. The van der Waals surface area contributed by atoms with Crippen LogP contribution in [-0.2, 0) is 47.0 Å². The molecule has 1 heterocycles. The molecule has 1 N–H and O–H groups in total. The van der Waals surface area contributed by atoms with Gasteiger partial charge in [0.25, 0.3) is 0 Å². The second-order valence-corrected chi connectivity index (χ2v) is 6.55. The number of anilines is 1. The first-order valence-corrected chi connectivity index (χ1v) is 9.15. The third-order valence-corrected chi connectivity index (χ3v) is 4.86. The van der Waals surface area contributed by atoms with E-state index in [1.54, 1.807) is 14.2 Å². The summed E-state index contributed by atoms with van der Waals surface area (Å²) in [6.45, 7) is 18.9. The van der Waals surface area contributed by atoms with Gasteiger partial charge in [-0.05, 0) is 45.1 Å². The number of hydrogen-bond acceptors (Lipinski definition) is 5. The molecule has 1 aliphatic heterocycles. The van der Waals surface area contributed by atoms with Gasteiger partial charge >= 0.3 is 39.9 Å². The number of carbonyl (C=O) groups is 1. The monoisotopic (exact) mass is 483 g/mol. The number of carbonyl (C=O) groups excluding carboxylic acids is 1. The van der Waals surface area contributed by atoms with Gasteiger partial charge in [-0.15, -0.1) is 0 Å². The Morgan fingerprint density at radius 2 is 1.59 bits per heavy atom. The minimum atomic E-state index is -0.269. The molecule has 1 saturated carbocycles. The predicted molar refractivity (Wildman–Crippen MR) is 108 cm³/mol. The quantitative estimate of drug-likeness (QED) is 0.299. The largest absolute Gasteiger partial charge is 0 e. The average Bonchev–Trinajstić information content (AvgIpc) is 3.18. The third kappa shape index (κ3) is 7.18. The maximum absolute atomic E-state index is 11.3. The van der Waals surface area contributed by atoms with E-state index in [0.29, 0.717) is 6.42 Å². The van der Waals surface area contributed by atoms with Crippen molar-refractivity contribution in [3.8, 4) is 11.5 Å². The van der Waals surface area contributed by atoms with Crippen molar-refractivity contribution in [3.63, 3.8) is 0 Å². The Bertz CT molecular complexity index is 790. The summed E-state index contributed by atoms with van der Waals surface area (Å²) in [5.74, 6) is 1.46. The van der Waals surface area contributed by atoms with E-state index < -0.39 is 0 Å². The van der Waals surface area contributed by atoms with Crippen LogP contribution in [0, 0.1) is 52.6 Å². The van der Waals surface area contributed by atoms with Gasteiger partial charge in [0.1, 0.15) is 6.10 Å². The Kier molecular flexibility index (Phi) is 16.5. The topological polar surface area (TPSA) is 116 Å². The Morgan fingerprint density at radius 3 is 2.09 bits per heavy atom. The number of esters is 1. The summed E-state index contributed by atoms with van der Waals surface area (Å²) >= 11 is 0. The molecule has 0 saturated heterocycles. The van der Waals surface area contributed by atoms with E-state index in [1.807, 2.05) is 13.8 Å². The molecular weight excluding hydrogens is 458 g/mol. The van der Waals surface area contributed by atoms with Crippen molar-refractivity contribution < 1.29 is 50.0 Å². The van der Waals surface area contributed by atoms with Crippen LogP contribution in [0.4, 0.5) is 5.69 Å². The summed E-state index contributed by atoms with van der Waals surface area (Å²) in [6, 6.07) is 0.197. The van der Waals surface area contributed by atoms with E-state index in [4.69, 9.17) is 28.2 Å². The molecule has 9 heteroatoms. The molecular formula is C23H25FeNO7. The van der Waals surface area contributed by atoms with Crippen molar-refractivity contribution in [2.24, 2.45) is 0 Å². The number of benzene rings is 1. The number of methoxy groups -OCH3 is 2. The first kappa shape index (κ1) is 32.0. The summed E-state index contributed by atoms with van der Waals surface area (Å²) in [5.41, 5.74) is 4.30. The average molecular weight is 483 g/mol. The van der Waals surface area contributed by atoms with Crippen LogP contribution in [0.15, 0.2) is 0 Å². The number of hydrogen-bond donors (Lipinski definition) is 1. The number of nitrogens with one attached hydrogen (secondary N) is 1. The molecule has 172 valence electrons. The van der Waals surface area contributed by atoms with Crippen LogP contribution in [-0.4, -0.2) is 32.3 Å². The van der Waals surface area contributed by atoms with E-state index in [0.717, 1.165) is 33.9 Å². The molecule has 0 aromatic heterocycles. The minimum absolute atomic E-state index is 0. The summed E-state index contributed by atoms with van der Waals surface area (Å²) in [5, 5.41) is 3.62. The zero-order chi connectivity index (χ0) is 24.1. The van der Waals surface area contributed by atoms with Gasteiger partial charge in [-0.3, -0.25) is 4.79 Å². The van der Waals surface area contributed by atoms with Gasteiger partial charge in [0.05, 0.1) is 14.2 Å². The first-order chi connectivity index (χ1) is 15.0. The third-order valence-electron chi connectivity index (χ3n) is 4.86. The smallest absolute Gasteiger partial charge is 0 e. The van der Waals surface area contributed by atoms with Gasteiger partial charge in [0, 0.05) is 59.2 Å². The van der Waals surface area contributed by atoms with Gasteiger partial charge in [-0.1, -0.05) is 0 Å². The maximum atomic E-state index is 11.3. The van der Waals surface area contributed by atoms with Crippen molar-refractivity contribution >= 4 is 11.7 Å². The first-order valence-electron chi connectivity index (χ1n) is 9.15. The molecule has 3 rings (SSSR count). The van der Waals surface area contributed by atoms with Crippen molar-refractivity contribution in [3.05, 3.63) is 62.3 Å². The summed E-state index contributed by atoms with van der Waals surface area (Å²) in [4.78, 5) is 11.3. The molecule has 2 unspecified atom stereocenters. The molecule has 1 aliphatic carbocycles.